The van der Waals surface area contributed by atoms with Crippen LogP contribution in [-0.4, -0.2) is 41.4 Å². The topological polar surface area (TPSA) is 23.6 Å². The van der Waals surface area contributed by atoms with Crippen molar-refractivity contribution in [2.75, 3.05) is 19.6 Å². The van der Waals surface area contributed by atoms with E-state index in [0.717, 1.165) is 43.7 Å². The average Bonchev–Trinajstić information content (AvgIpc) is 3.15. The first-order chi connectivity index (χ1) is 13.7. The summed E-state index contributed by atoms with van der Waals surface area (Å²) in [7, 11) is 0. The summed E-state index contributed by atoms with van der Waals surface area (Å²) in [5.41, 5.74) is 4.10. The third kappa shape index (κ3) is 3.25. The van der Waals surface area contributed by atoms with Crippen LogP contribution in [0, 0.1) is 5.82 Å². The number of thiophene rings is 1. The molecule has 5 heteroatoms. The maximum atomic E-state index is 13.1. The number of halogens is 1. The first kappa shape index (κ1) is 17.6. The van der Waals surface area contributed by atoms with E-state index in [-0.39, 0.29) is 11.7 Å². The van der Waals surface area contributed by atoms with Crippen LogP contribution in [-0.2, 0) is 13.0 Å². The molecule has 2 aliphatic rings. The second-order valence-electron chi connectivity index (χ2n) is 7.54. The third-order valence-electron chi connectivity index (χ3n) is 5.81. The standard InChI is InChI=1S/C23H21FN2OS/c24-20-7-5-17(6-8-20)16-1-3-18(4-2-16)23(27)26-14-21(15-26)25-11-9-22-19(13-25)10-12-28-22/h1-8,10,12,21H,9,11,13-15H2. The van der Waals surface area contributed by atoms with E-state index in [2.05, 4.69) is 16.3 Å². The van der Waals surface area contributed by atoms with Gasteiger partial charge in [0.25, 0.3) is 5.91 Å². The molecule has 5 rings (SSSR count). The first-order valence-corrected chi connectivity index (χ1v) is 10.5. The van der Waals surface area contributed by atoms with Crippen molar-refractivity contribution in [2.45, 2.75) is 19.0 Å². The molecular formula is C23H21FN2OS. The van der Waals surface area contributed by atoms with Gasteiger partial charge in [-0.1, -0.05) is 24.3 Å². The van der Waals surface area contributed by atoms with Crippen LogP contribution in [0.25, 0.3) is 11.1 Å². The number of nitrogens with zero attached hydrogens (tertiary/aromatic N) is 2. The largest absolute Gasteiger partial charge is 0.335 e. The van der Waals surface area contributed by atoms with Crippen molar-refractivity contribution in [3.63, 3.8) is 0 Å². The van der Waals surface area contributed by atoms with E-state index in [9.17, 15) is 9.18 Å². The summed E-state index contributed by atoms with van der Waals surface area (Å²) in [5, 5.41) is 2.18. The quantitative estimate of drug-likeness (QED) is 0.658. The van der Waals surface area contributed by atoms with E-state index >= 15 is 0 Å². The third-order valence-corrected chi connectivity index (χ3v) is 6.84. The molecule has 0 unspecified atom stereocenters. The van der Waals surface area contributed by atoms with Crippen LogP contribution in [0.3, 0.4) is 0 Å². The predicted molar refractivity (Wildman–Crippen MR) is 110 cm³/mol. The lowest BCUT2D eigenvalue weighted by Gasteiger charge is -2.46. The van der Waals surface area contributed by atoms with Gasteiger partial charge < -0.3 is 4.90 Å². The van der Waals surface area contributed by atoms with Gasteiger partial charge in [0, 0.05) is 42.7 Å². The highest BCUT2D eigenvalue weighted by Crippen LogP contribution is 2.28. The van der Waals surface area contributed by atoms with Crippen LogP contribution < -0.4 is 0 Å². The molecule has 2 aliphatic heterocycles. The molecule has 28 heavy (non-hydrogen) atoms. The number of carbonyl (C=O) groups is 1. The Hall–Kier alpha value is -2.50. The van der Waals surface area contributed by atoms with Gasteiger partial charge in [0.2, 0.25) is 0 Å². The number of carbonyl (C=O) groups excluding carboxylic acids is 1. The second-order valence-corrected chi connectivity index (χ2v) is 8.54. The maximum Gasteiger partial charge on any atom is 0.253 e. The highest BCUT2D eigenvalue weighted by Gasteiger charge is 2.36. The van der Waals surface area contributed by atoms with Gasteiger partial charge >= 0.3 is 0 Å². The summed E-state index contributed by atoms with van der Waals surface area (Å²) in [6.45, 7) is 3.71. The lowest BCUT2D eigenvalue weighted by Crippen LogP contribution is -2.61. The summed E-state index contributed by atoms with van der Waals surface area (Å²) in [5.74, 6) is -0.151. The van der Waals surface area contributed by atoms with Crippen LogP contribution in [0.15, 0.2) is 60.0 Å². The minimum Gasteiger partial charge on any atom is -0.335 e. The van der Waals surface area contributed by atoms with E-state index < -0.39 is 0 Å². The Bertz CT molecular complexity index is 990. The number of amides is 1. The van der Waals surface area contributed by atoms with Crippen molar-refractivity contribution in [1.82, 2.24) is 9.80 Å². The van der Waals surface area contributed by atoms with E-state index in [1.165, 1.54) is 22.6 Å². The fourth-order valence-corrected chi connectivity index (χ4v) is 4.95. The highest BCUT2D eigenvalue weighted by atomic mass is 32.1. The predicted octanol–water partition coefficient (Wildman–Crippen LogP) is 4.44. The second kappa shape index (κ2) is 7.15. The Morgan fingerprint density at radius 2 is 1.64 bits per heavy atom. The molecule has 3 heterocycles. The van der Waals surface area contributed by atoms with Crippen LogP contribution in [0.1, 0.15) is 20.8 Å². The van der Waals surface area contributed by atoms with Gasteiger partial charge in [-0.15, -0.1) is 11.3 Å². The van der Waals surface area contributed by atoms with Crippen LogP contribution in [0.2, 0.25) is 0 Å². The zero-order valence-corrected chi connectivity index (χ0v) is 16.3. The molecule has 0 saturated carbocycles. The number of fused-ring (bicyclic) bond motifs is 1. The summed E-state index contributed by atoms with van der Waals surface area (Å²) in [4.78, 5) is 18.7. The lowest BCUT2D eigenvalue weighted by atomic mass is 10.00. The Kier molecular flexibility index (Phi) is 4.49. The fourth-order valence-electron chi connectivity index (χ4n) is 4.06. The molecule has 1 amide bonds. The Morgan fingerprint density at radius 3 is 2.36 bits per heavy atom. The molecule has 0 spiro atoms. The number of hydrogen-bond donors (Lipinski definition) is 0. The summed E-state index contributed by atoms with van der Waals surface area (Å²) >= 11 is 1.86. The lowest BCUT2D eigenvalue weighted by molar-refractivity contribution is 0.0221. The minimum atomic E-state index is -0.244. The zero-order chi connectivity index (χ0) is 19.1. The van der Waals surface area contributed by atoms with Crippen LogP contribution >= 0.6 is 11.3 Å². The van der Waals surface area contributed by atoms with Gasteiger partial charge in [-0.05, 0) is 58.8 Å². The Balaban J connectivity index is 1.20. The van der Waals surface area contributed by atoms with Crippen molar-refractivity contribution >= 4 is 17.2 Å². The monoisotopic (exact) mass is 392 g/mol. The molecule has 1 aromatic heterocycles. The van der Waals surface area contributed by atoms with Crippen molar-refractivity contribution in [2.24, 2.45) is 0 Å². The summed E-state index contributed by atoms with van der Waals surface area (Å²) < 4.78 is 13.1. The number of rotatable bonds is 3. The summed E-state index contributed by atoms with van der Waals surface area (Å²) in [6, 6.07) is 16.7. The SMILES string of the molecule is O=C(c1ccc(-c2ccc(F)cc2)cc1)N1CC(N2CCc3sccc3C2)C1. The van der Waals surface area contributed by atoms with Crippen LogP contribution in [0.5, 0.6) is 0 Å². The Labute approximate surface area is 168 Å². The van der Waals surface area contributed by atoms with Crippen molar-refractivity contribution in [3.8, 4) is 11.1 Å². The smallest absolute Gasteiger partial charge is 0.253 e. The molecule has 0 bridgehead atoms. The van der Waals surface area contributed by atoms with E-state index in [1.54, 1.807) is 12.1 Å². The van der Waals surface area contributed by atoms with Gasteiger partial charge in [-0.25, -0.2) is 4.39 Å². The van der Waals surface area contributed by atoms with Gasteiger partial charge in [0.15, 0.2) is 0 Å². The normalized spacial score (nSPS) is 17.2. The van der Waals surface area contributed by atoms with Crippen molar-refractivity contribution in [3.05, 3.63) is 81.8 Å². The Morgan fingerprint density at radius 1 is 0.964 bits per heavy atom. The zero-order valence-electron chi connectivity index (χ0n) is 15.5. The molecule has 1 fully saturated rings. The number of benzene rings is 2. The number of likely N-dealkylation sites (tertiary alicyclic amines) is 1. The molecule has 0 radical (unpaired) electrons. The molecule has 2 aromatic carbocycles. The van der Waals surface area contributed by atoms with Gasteiger partial charge in [0.05, 0.1) is 0 Å². The van der Waals surface area contributed by atoms with Gasteiger partial charge in [-0.2, -0.15) is 0 Å². The first-order valence-electron chi connectivity index (χ1n) is 9.62. The highest BCUT2D eigenvalue weighted by molar-refractivity contribution is 7.10. The molecule has 0 N–H and O–H groups in total. The minimum absolute atomic E-state index is 0.0927. The molecule has 3 nitrogen and oxygen atoms in total. The van der Waals surface area contributed by atoms with Gasteiger partial charge in [0.1, 0.15) is 5.82 Å². The molecule has 0 atom stereocenters. The molecule has 0 aliphatic carbocycles. The van der Waals surface area contributed by atoms with Crippen molar-refractivity contribution < 1.29 is 9.18 Å². The maximum absolute atomic E-state index is 13.1. The van der Waals surface area contributed by atoms with Crippen molar-refractivity contribution in [1.29, 1.82) is 0 Å². The van der Waals surface area contributed by atoms with Crippen LogP contribution in [0.4, 0.5) is 4.39 Å². The fraction of sp³-hybridized carbons (Fsp3) is 0.261. The molecule has 142 valence electrons. The van der Waals surface area contributed by atoms with E-state index in [0.29, 0.717) is 11.6 Å². The van der Waals surface area contributed by atoms with E-state index in [4.69, 9.17) is 0 Å². The average molecular weight is 392 g/mol. The van der Waals surface area contributed by atoms with E-state index in [1.807, 2.05) is 40.5 Å². The van der Waals surface area contributed by atoms with Gasteiger partial charge in [-0.3, -0.25) is 9.69 Å². The number of hydrogen-bond acceptors (Lipinski definition) is 3. The molecule has 3 aromatic rings. The summed E-state index contributed by atoms with van der Waals surface area (Å²) in [6.07, 6.45) is 1.13. The molecule has 1 saturated heterocycles. The molecular weight excluding hydrogens is 371 g/mol.